The van der Waals surface area contributed by atoms with Gasteiger partial charge < -0.3 is 50.8 Å². The molecule has 0 aromatic carbocycles. The quantitative estimate of drug-likeness (QED) is 0.0224. The van der Waals surface area contributed by atoms with Crippen LogP contribution in [0.4, 0.5) is 22.7 Å². The number of nitrogens with zero attached hydrogens (tertiary/aromatic N) is 20. The average molecular weight is 1900 g/mol. The normalized spacial score (nSPS) is 17.7. The van der Waals surface area contributed by atoms with Crippen molar-refractivity contribution in [2.75, 3.05) is 41.1 Å². The molecule has 135 heavy (non-hydrogen) atoms. The van der Waals surface area contributed by atoms with Gasteiger partial charge >= 0.3 is 0 Å². The molecule has 0 aliphatic heterocycles. The molecule has 2 atom stereocenters. The van der Waals surface area contributed by atoms with Gasteiger partial charge in [0.2, 0.25) is 0 Å². The van der Waals surface area contributed by atoms with Crippen LogP contribution >= 0.6 is 45.3 Å². The number of hydrogen-bond donors (Lipinski definition) is 11. The highest BCUT2D eigenvalue weighted by Gasteiger charge is 2.33. The number of aliphatic hydroxyl groups is 1. The van der Waals surface area contributed by atoms with Crippen LogP contribution in [0.15, 0.2) is 193 Å². The summed E-state index contributed by atoms with van der Waals surface area (Å²) >= 11 is 5.59. The maximum absolute atomic E-state index is 13.0. The number of rotatable bonds is 26. The summed E-state index contributed by atoms with van der Waals surface area (Å²) in [7, 11) is 0. The molecule has 4 aliphatic rings. The summed E-state index contributed by atoms with van der Waals surface area (Å²) in [6.07, 6.45) is 42.9. The topological polar surface area (TPSA) is 528 Å². The van der Waals surface area contributed by atoms with Crippen molar-refractivity contribution in [3.05, 3.63) is 216 Å². The first-order valence-corrected chi connectivity index (χ1v) is 47.4. The number of aliphatic hydroxyl groups excluding tert-OH is 1. The standard InChI is InChI=1S/2C23H25N7O2S.C22H23N7O2S.C21H21N7O2S.2CH2O2/c2*1-2-32-17-8-6-16(7-9-17)30-13-19(21(29-30)18-5-3-4-10-24-18)27-22(31)20-14-33-23(28-20)15-11-25-26-12-15;1-2-31-16-7-6-15(9-16)29-12-18(20(28-29)17-5-3-4-8-23-17)26-21(30)19-13-32-22(27-19)14-10-24-25-11-14;29-15-6-4-14(5-7-15)28-11-17(19(27-28)16-3-1-2-8-22-16)25-20(30)18-12-31-21(26-18)13-9-23-24-10-13;2*2-1-3/h2*3-5,10-14,16-17H,2,6-9H2,1H3,(H,25,26)(H,27,31);3-5,8,10-13,15-16H,2,6-7,9H2,1H3,(H,24,25)(H,26,30);1-3,8-12,14-15,29H,4-7H2,(H,23,24)(H,25,30);2*1H,(H,2,3)/t;;15-,16+;;;/m..0.../s1. The Labute approximate surface area is 788 Å². The van der Waals surface area contributed by atoms with E-state index in [1.54, 1.807) is 95.9 Å². The molecule has 20 rings (SSSR count). The molecule has 0 radical (unpaired) electrons. The largest absolute Gasteiger partial charge is 0.483 e. The average Bonchev–Trinajstić information content (AvgIpc) is 1.66. The number of aromatic nitrogens is 24. The zero-order chi connectivity index (χ0) is 93.8. The van der Waals surface area contributed by atoms with Crippen LogP contribution in [0.5, 0.6) is 0 Å². The van der Waals surface area contributed by atoms with Gasteiger partial charge in [0.1, 0.15) is 65.6 Å². The first-order valence-electron chi connectivity index (χ1n) is 43.9. The fourth-order valence-electron chi connectivity index (χ4n) is 16.0. The Morgan fingerprint density at radius 2 is 0.630 bits per heavy atom. The van der Waals surface area contributed by atoms with Crippen molar-refractivity contribution in [3.8, 4) is 87.8 Å². The molecule has 4 fully saturated rings. The van der Waals surface area contributed by atoms with E-state index in [1.807, 2.05) is 137 Å². The van der Waals surface area contributed by atoms with Gasteiger partial charge in [0.25, 0.3) is 36.6 Å². The Kier molecular flexibility index (Phi) is 33.2. The minimum Gasteiger partial charge on any atom is -0.483 e. The molecule has 40 nitrogen and oxygen atoms in total. The van der Waals surface area contributed by atoms with Gasteiger partial charge in [0.05, 0.1) is 119 Å². The Morgan fingerprint density at radius 1 is 0.378 bits per heavy atom. The van der Waals surface area contributed by atoms with Crippen LogP contribution in [0.1, 0.15) is 183 Å². The number of hydrogen-bond acceptors (Lipinski definition) is 30. The minimum absolute atomic E-state index is 0.184. The van der Waals surface area contributed by atoms with E-state index in [2.05, 4.69) is 102 Å². The maximum atomic E-state index is 13.0. The lowest BCUT2D eigenvalue weighted by molar-refractivity contribution is -0.123. The number of carbonyl (C=O) groups is 6. The molecular formula is C91H98N28O12S4. The highest BCUT2D eigenvalue weighted by Crippen LogP contribution is 2.41. The van der Waals surface area contributed by atoms with Crippen molar-refractivity contribution in [1.82, 2.24) is 120 Å². The summed E-state index contributed by atoms with van der Waals surface area (Å²) in [5.74, 6) is -1.15. The molecule has 16 aromatic rings. The van der Waals surface area contributed by atoms with Gasteiger partial charge in [0, 0.05) is 138 Å². The molecule has 11 N–H and O–H groups in total. The predicted molar refractivity (Wildman–Crippen MR) is 507 cm³/mol. The van der Waals surface area contributed by atoms with Crippen molar-refractivity contribution in [2.24, 2.45) is 0 Å². The second-order valence-corrected chi connectivity index (χ2v) is 34.7. The van der Waals surface area contributed by atoms with Crippen LogP contribution in [-0.2, 0) is 23.8 Å². The number of carbonyl (C=O) groups excluding carboxylic acids is 4. The predicted octanol–water partition coefficient (Wildman–Crippen LogP) is 16.2. The highest BCUT2D eigenvalue weighted by molar-refractivity contribution is 7.14. The summed E-state index contributed by atoms with van der Waals surface area (Å²) < 4.78 is 25.1. The zero-order valence-corrected chi connectivity index (χ0v) is 76.8. The monoisotopic (exact) mass is 1900 g/mol. The third-order valence-corrected chi connectivity index (χ3v) is 26.1. The van der Waals surface area contributed by atoms with Crippen LogP contribution in [-0.4, -0.2) is 216 Å². The number of ether oxygens (including phenoxy) is 3. The van der Waals surface area contributed by atoms with Crippen LogP contribution in [0, 0.1) is 0 Å². The molecule has 16 heterocycles. The first kappa shape index (κ1) is 95.1. The van der Waals surface area contributed by atoms with E-state index in [1.165, 1.54) is 45.3 Å². The number of nitrogens with one attached hydrogen (secondary N) is 8. The molecule has 698 valence electrons. The Morgan fingerprint density at radius 3 is 0.881 bits per heavy atom. The van der Waals surface area contributed by atoms with E-state index in [0.29, 0.717) is 110 Å². The number of carboxylic acid groups (broad SMARTS) is 2. The van der Waals surface area contributed by atoms with Crippen molar-refractivity contribution in [2.45, 2.75) is 166 Å². The molecule has 4 saturated carbocycles. The summed E-state index contributed by atoms with van der Waals surface area (Å²) in [5, 5.41) is 91.5. The van der Waals surface area contributed by atoms with Crippen molar-refractivity contribution < 1.29 is 58.3 Å². The minimum atomic E-state index is -0.304. The van der Waals surface area contributed by atoms with Gasteiger partial charge in [-0.25, -0.2) is 19.9 Å². The lowest BCUT2D eigenvalue weighted by Gasteiger charge is -2.28. The third-order valence-electron chi connectivity index (χ3n) is 22.5. The number of amides is 4. The zero-order valence-electron chi connectivity index (χ0n) is 73.6. The molecule has 44 heteroatoms. The summed E-state index contributed by atoms with van der Waals surface area (Å²) in [4.78, 5) is 104. The van der Waals surface area contributed by atoms with E-state index in [9.17, 15) is 24.3 Å². The number of pyridine rings is 4. The molecule has 0 saturated heterocycles. The Balaban J connectivity index is 0.000000134. The van der Waals surface area contributed by atoms with Gasteiger partial charge in [-0.05, 0) is 166 Å². The van der Waals surface area contributed by atoms with Gasteiger partial charge in [-0.3, -0.25) is 87.8 Å². The van der Waals surface area contributed by atoms with Crippen LogP contribution in [0.25, 0.3) is 87.8 Å². The van der Waals surface area contributed by atoms with Gasteiger partial charge in [-0.2, -0.15) is 40.8 Å². The number of H-pyrrole nitrogens is 4. The SMILES string of the molecule is CCOC1CCC(n2cc(NC(=O)c3csc(-c4cn[nH]c4)n3)c(-c3ccccn3)n2)CC1.CCOC1CCC(n2cc(NC(=O)c3csc(-c4cn[nH]c4)n3)c(-c3ccccn3)n2)CC1.CCO[C@@H]1CC[C@H](n2cc(NC(=O)c3csc(-c4cn[nH]c4)n3)c(-c3ccccn3)n2)C1.O=C(Nc1cn(C2CCC(O)CC2)nc1-c1ccccn1)c1csc(-c2cn[nH]c2)n1.O=CO.O=CO. The summed E-state index contributed by atoms with van der Waals surface area (Å²) in [5.41, 5.74) is 12.6. The van der Waals surface area contributed by atoms with Crippen molar-refractivity contribution in [3.63, 3.8) is 0 Å². The first-order chi connectivity index (χ1) is 66.1. The molecule has 4 amide bonds. The van der Waals surface area contributed by atoms with Gasteiger partial charge in [0.15, 0.2) is 0 Å². The number of anilines is 4. The fourth-order valence-corrected chi connectivity index (χ4v) is 19.1. The molecule has 0 unspecified atom stereocenters. The Hall–Kier alpha value is -14.5. The van der Waals surface area contributed by atoms with E-state index in [0.717, 1.165) is 152 Å². The highest BCUT2D eigenvalue weighted by atomic mass is 32.1. The lowest BCUT2D eigenvalue weighted by Crippen LogP contribution is -2.24. The summed E-state index contributed by atoms with van der Waals surface area (Å²) in [6, 6.07) is 23.5. The molecule has 4 aliphatic carbocycles. The molecular weight excluding hydrogens is 1810 g/mol. The lowest BCUT2D eigenvalue weighted by atomic mass is 9.93. The van der Waals surface area contributed by atoms with E-state index in [-0.39, 0.29) is 72.9 Å². The fraction of sp³-hybridized carbons (Fsp3) is 0.319. The van der Waals surface area contributed by atoms with Crippen molar-refractivity contribution in [1.29, 1.82) is 0 Å². The molecule has 16 aromatic heterocycles. The smallest absolute Gasteiger partial charge is 0.290 e. The number of thiazole rings is 4. The molecule has 0 bridgehead atoms. The van der Waals surface area contributed by atoms with Crippen LogP contribution in [0.3, 0.4) is 0 Å². The van der Waals surface area contributed by atoms with Gasteiger partial charge in [-0.15, -0.1) is 45.3 Å². The second kappa shape index (κ2) is 47.2. The van der Waals surface area contributed by atoms with Crippen LogP contribution in [0.2, 0.25) is 0 Å². The van der Waals surface area contributed by atoms with E-state index < -0.39 is 0 Å². The van der Waals surface area contributed by atoms with Crippen molar-refractivity contribution >= 4 is 105 Å². The molecule has 0 spiro atoms. The van der Waals surface area contributed by atoms with E-state index in [4.69, 9.17) is 54.4 Å². The maximum Gasteiger partial charge on any atom is 0.290 e. The van der Waals surface area contributed by atoms with Crippen LogP contribution < -0.4 is 21.3 Å². The van der Waals surface area contributed by atoms with E-state index >= 15 is 0 Å². The number of aromatic amines is 4. The third kappa shape index (κ3) is 24.9. The summed E-state index contributed by atoms with van der Waals surface area (Å²) in [6.45, 7) is 7.80. The van der Waals surface area contributed by atoms with Gasteiger partial charge in [-0.1, -0.05) is 24.3 Å². The second-order valence-electron chi connectivity index (χ2n) is 31.3. The Bertz CT molecular complexity index is 6180.